The summed E-state index contributed by atoms with van der Waals surface area (Å²) < 4.78 is 5.49. The van der Waals surface area contributed by atoms with Gasteiger partial charge >= 0.3 is 5.97 Å². The van der Waals surface area contributed by atoms with Crippen LogP contribution in [-0.2, 0) is 14.3 Å². The van der Waals surface area contributed by atoms with Crippen LogP contribution in [0, 0.1) is 0 Å². The van der Waals surface area contributed by atoms with Gasteiger partial charge in [-0.3, -0.25) is 9.59 Å². The maximum Gasteiger partial charge on any atom is 0.305 e. The van der Waals surface area contributed by atoms with Crippen LogP contribution < -0.4 is 5.32 Å². The topological polar surface area (TPSA) is 95.9 Å². The van der Waals surface area contributed by atoms with E-state index in [9.17, 15) is 19.8 Å². The van der Waals surface area contributed by atoms with Crippen molar-refractivity contribution in [2.45, 2.75) is 315 Å². The summed E-state index contributed by atoms with van der Waals surface area (Å²) in [5, 5.41) is 23.0. The number of amides is 1. The Morgan fingerprint density at radius 1 is 0.429 bits per heavy atom. The van der Waals surface area contributed by atoms with E-state index in [1.165, 1.54) is 231 Å². The lowest BCUT2D eigenvalue weighted by Gasteiger charge is -2.20. The van der Waals surface area contributed by atoms with Crippen molar-refractivity contribution in [2.24, 2.45) is 0 Å². The molecule has 372 valence electrons. The molecule has 6 heteroatoms. The maximum absolute atomic E-state index is 12.4. The minimum Gasteiger partial charge on any atom is -0.466 e. The third kappa shape index (κ3) is 49.6. The van der Waals surface area contributed by atoms with Gasteiger partial charge in [0.2, 0.25) is 5.91 Å². The molecule has 0 fully saturated rings. The molecular formula is C57H109NO5. The summed E-state index contributed by atoms with van der Waals surface area (Å²) >= 11 is 0. The van der Waals surface area contributed by atoms with E-state index in [2.05, 4.69) is 31.3 Å². The third-order valence-corrected chi connectivity index (χ3v) is 13.0. The van der Waals surface area contributed by atoms with E-state index in [4.69, 9.17) is 4.74 Å². The number of rotatable bonds is 52. The highest BCUT2D eigenvalue weighted by Gasteiger charge is 2.18. The van der Waals surface area contributed by atoms with Crippen LogP contribution in [0.4, 0.5) is 0 Å². The number of aliphatic hydroxyl groups is 2. The summed E-state index contributed by atoms with van der Waals surface area (Å²) in [5.41, 5.74) is 0. The number of carbonyl (C=O) groups is 2. The lowest BCUT2D eigenvalue weighted by Crippen LogP contribution is -2.45. The van der Waals surface area contributed by atoms with Crippen molar-refractivity contribution >= 4 is 11.9 Å². The zero-order valence-electron chi connectivity index (χ0n) is 42.3. The van der Waals surface area contributed by atoms with Crippen LogP contribution in [0.5, 0.6) is 0 Å². The molecule has 0 aliphatic heterocycles. The molecular weight excluding hydrogens is 779 g/mol. The van der Waals surface area contributed by atoms with E-state index in [1.54, 1.807) is 6.08 Å². The number of unbranched alkanes of at least 4 members (excludes halogenated alkanes) is 39. The second-order valence-electron chi connectivity index (χ2n) is 19.3. The van der Waals surface area contributed by atoms with E-state index in [-0.39, 0.29) is 18.5 Å². The Balaban J connectivity index is 3.39. The van der Waals surface area contributed by atoms with E-state index in [0.29, 0.717) is 19.4 Å². The van der Waals surface area contributed by atoms with Gasteiger partial charge in [0.1, 0.15) is 0 Å². The SMILES string of the molecule is CCCCCCCCC/C=C\CCCCCCCCCC(=O)OCCCCCCCCCCCCCCCCCCCCC(=O)NC(CO)C(O)/C=C/CCCCCCCCCC. The smallest absolute Gasteiger partial charge is 0.305 e. The predicted octanol–water partition coefficient (Wildman–Crippen LogP) is 17.1. The average Bonchev–Trinajstić information content (AvgIpc) is 3.28. The van der Waals surface area contributed by atoms with Crippen molar-refractivity contribution in [3.05, 3.63) is 24.3 Å². The van der Waals surface area contributed by atoms with Gasteiger partial charge in [0.25, 0.3) is 0 Å². The largest absolute Gasteiger partial charge is 0.466 e. The molecule has 0 aromatic rings. The Labute approximate surface area is 392 Å². The molecule has 2 atom stereocenters. The van der Waals surface area contributed by atoms with Gasteiger partial charge in [0, 0.05) is 12.8 Å². The Bertz CT molecular complexity index is 982. The van der Waals surface area contributed by atoms with Gasteiger partial charge in [-0.05, 0) is 57.8 Å². The van der Waals surface area contributed by atoms with Crippen molar-refractivity contribution < 1.29 is 24.5 Å². The number of hydrogen-bond acceptors (Lipinski definition) is 5. The summed E-state index contributed by atoms with van der Waals surface area (Å²) in [5.74, 6) is -0.0703. The molecule has 0 heterocycles. The van der Waals surface area contributed by atoms with Crippen LogP contribution in [0.25, 0.3) is 0 Å². The predicted molar refractivity (Wildman–Crippen MR) is 273 cm³/mol. The first-order valence-electron chi connectivity index (χ1n) is 28.1. The fraction of sp³-hybridized carbons (Fsp3) is 0.895. The van der Waals surface area contributed by atoms with Gasteiger partial charge in [0.05, 0.1) is 25.4 Å². The van der Waals surface area contributed by atoms with Gasteiger partial charge in [-0.15, -0.1) is 0 Å². The molecule has 6 nitrogen and oxygen atoms in total. The van der Waals surface area contributed by atoms with E-state index >= 15 is 0 Å². The number of ether oxygens (including phenoxy) is 1. The minimum absolute atomic E-state index is 0.00338. The van der Waals surface area contributed by atoms with Gasteiger partial charge in [-0.2, -0.15) is 0 Å². The lowest BCUT2D eigenvalue weighted by molar-refractivity contribution is -0.143. The zero-order valence-corrected chi connectivity index (χ0v) is 42.3. The molecule has 0 aromatic carbocycles. The lowest BCUT2D eigenvalue weighted by atomic mass is 10.0. The second-order valence-corrected chi connectivity index (χ2v) is 19.3. The van der Waals surface area contributed by atoms with Crippen LogP contribution in [0.15, 0.2) is 24.3 Å². The molecule has 1 amide bonds. The average molecular weight is 889 g/mol. The number of nitrogens with one attached hydrogen (secondary N) is 1. The minimum atomic E-state index is -0.845. The van der Waals surface area contributed by atoms with Crippen molar-refractivity contribution in [3.63, 3.8) is 0 Å². The molecule has 0 saturated carbocycles. The van der Waals surface area contributed by atoms with Gasteiger partial charge < -0.3 is 20.3 Å². The number of aliphatic hydroxyl groups excluding tert-OH is 2. The first-order chi connectivity index (χ1) is 31.0. The molecule has 0 spiro atoms. The maximum atomic E-state index is 12.4. The summed E-state index contributed by atoms with van der Waals surface area (Å²) in [6, 6.07) is -0.629. The fourth-order valence-electron chi connectivity index (χ4n) is 8.63. The van der Waals surface area contributed by atoms with Crippen molar-refractivity contribution in [1.29, 1.82) is 0 Å². The zero-order chi connectivity index (χ0) is 45.8. The summed E-state index contributed by atoms with van der Waals surface area (Å²) in [6.45, 7) is 4.88. The normalized spacial score (nSPS) is 12.8. The molecule has 0 aliphatic rings. The van der Waals surface area contributed by atoms with Crippen LogP contribution >= 0.6 is 0 Å². The van der Waals surface area contributed by atoms with Crippen LogP contribution in [-0.4, -0.2) is 47.4 Å². The molecule has 0 aromatic heterocycles. The Kier molecular flexibility index (Phi) is 51.6. The van der Waals surface area contributed by atoms with Crippen LogP contribution in [0.1, 0.15) is 303 Å². The van der Waals surface area contributed by atoms with Gasteiger partial charge in [0.15, 0.2) is 0 Å². The molecule has 0 rings (SSSR count). The highest BCUT2D eigenvalue weighted by Crippen LogP contribution is 2.16. The third-order valence-electron chi connectivity index (χ3n) is 13.0. The number of hydrogen-bond donors (Lipinski definition) is 3. The quantitative estimate of drug-likeness (QED) is 0.0321. The number of allylic oxidation sites excluding steroid dienone is 3. The first kappa shape index (κ1) is 61.3. The standard InChI is InChI=1S/C57H109NO5/c1-3-5-7-9-11-13-15-16-17-18-22-25-28-31-35-39-43-47-51-57(62)63-52-48-44-40-36-32-29-26-23-20-19-21-24-27-30-34-38-42-46-50-56(61)58-54(53-59)55(60)49-45-41-37-33-14-12-10-8-6-4-2/h17-18,45,49,54-55,59-60H,3-16,19-44,46-48,50-53H2,1-2H3,(H,58,61)/b18-17-,49-45+. The van der Waals surface area contributed by atoms with E-state index < -0.39 is 12.1 Å². The highest BCUT2D eigenvalue weighted by atomic mass is 16.5. The molecule has 0 bridgehead atoms. The Morgan fingerprint density at radius 2 is 0.746 bits per heavy atom. The second kappa shape index (κ2) is 53.0. The summed E-state index contributed by atoms with van der Waals surface area (Å²) in [6.07, 6.45) is 63.4. The number of carbonyl (C=O) groups excluding carboxylic acids is 2. The Morgan fingerprint density at radius 3 is 1.13 bits per heavy atom. The molecule has 2 unspecified atom stereocenters. The molecule has 63 heavy (non-hydrogen) atoms. The van der Waals surface area contributed by atoms with E-state index in [1.807, 2.05) is 6.08 Å². The van der Waals surface area contributed by atoms with Crippen LogP contribution in [0.2, 0.25) is 0 Å². The number of esters is 1. The first-order valence-corrected chi connectivity index (χ1v) is 28.1. The van der Waals surface area contributed by atoms with E-state index in [0.717, 1.165) is 44.9 Å². The molecule has 3 N–H and O–H groups in total. The molecule has 0 radical (unpaired) electrons. The molecule has 0 saturated heterocycles. The monoisotopic (exact) mass is 888 g/mol. The van der Waals surface area contributed by atoms with Crippen molar-refractivity contribution in [1.82, 2.24) is 5.32 Å². The summed E-state index contributed by atoms with van der Waals surface area (Å²) in [4.78, 5) is 24.5. The fourth-order valence-corrected chi connectivity index (χ4v) is 8.63. The molecule has 0 aliphatic carbocycles. The van der Waals surface area contributed by atoms with Crippen molar-refractivity contribution in [3.8, 4) is 0 Å². The Hall–Kier alpha value is -1.66. The van der Waals surface area contributed by atoms with Crippen molar-refractivity contribution in [2.75, 3.05) is 13.2 Å². The van der Waals surface area contributed by atoms with Gasteiger partial charge in [-0.25, -0.2) is 0 Å². The van der Waals surface area contributed by atoms with Gasteiger partial charge in [-0.1, -0.05) is 256 Å². The van der Waals surface area contributed by atoms with Crippen LogP contribution in [0.3, 0.4) is 0 Å². The highest BCUT2D eigenvalue weighted by molar-refractivity contribution is 5.76. The summed E-state index contributed by atoms with van der Waals surface area (Å²) in [7, 11) is 0.